The molecule has 1 aliphatic heterocycles. The Bertz CT molecular complexity index is 717. The van der Waals surface area contributed by atoms with Crippen molar-refractivity contribution in [1.29, 1.82) is 5.26 Å². The molecule has 22 heavy (non-hydrogen) atoms. The van der Waals surface area contributed by atoms with Gasteiger partial charge in [0.2, 0.25) is 5.69 Å². The van der Waals surface area contributed by atoms with Gasteiger partial charge in [0.15, 0.2) is 5.82 Å². The monoisotopic (exact) mass is 295 g/mol. The van der Waals surface area contributed by atoms with Crippen molar-refractivity contribution < 1.29 is 0 Å². The summed E-state index contributed by atoms with van der Waals surface area (Å²) in [6, 6.07) is 8.37. The Morgan fingerprint density at radius 1 is 1.18 bits per heavy atom. The molecule has 3 rings (SSSR count). The van der Waals surface area contributed by atoms with Crippen LogP contribution in [0.3, 0.4) is 0 Å². The minimum absolute atomic E-state index is 0.412. The van der Waals surface area contributed by atoms with Crippen LogP contribution >= 0.6 is 0 Å². The van der Waals surface area contributed by atoms with Crippen molar-refractivity contribution in [3.05, 3.63) is 35.0 Å². The van der Waals surface area contributed by atoms with E-state index in [1.807, 2.05) is 13.8 Å². The zero-order chi connectivity index (χ0) is 15.7. The molecule has 0 unspecified atom stereocenters. The Balaban J connectivity index is 1.98. The number of hydrogen-bond donors (Lipinski definition) is 0. The Kier molecular flexibility index (Phi) is 3.84. The average Bonchev–Trinajstić information content (AvgIpc) is 2.94. The minimum atomic E-state index is 0.412. The Morgan fingerprint density at radius 3 is 2.59 bits per heavy atom. The number of piperidine rings is 1. The number of nitrogens with zero attached hydrogens (tertiary/aromatic N) is 5. The van der Waals surface area contributed by atoms with Gasteiger partial charge in [-0.3, -0.25) is 0 Å². The highest BCUT2D eigenvalue weighted by Crippen LogP contribution is 2.25. The van der Waals surface area contributed by atoms with Crippen LogP contribution in [0.5, 0.6) is 0 Å². The lowest BCUT2D eigenvalue weighted by Gasteiger charge is -2.30. The van der Waals surface area contributed by atoms with E-state index in [0.717, 1.165) is 54.5 Å². The number of hydrogen-bond acceptors (Lipinski definition) is 4. The molecule has 1 saturated heterocycles. The van der Waals surface area contributed by atoms with Gasteiger partial charge >= 0.3 is 0 Å². The first-order chi connectivity index (χ1) is 10.6. The molecule has 1 aromatic heterocycles. The van der Waals surface area contributed by atoms with Gasteiger partial charge in [0, 0.05) is 13.1 Å². The van der Waals surface area contributed by atoms with Gasteiger partial charge in [-0.25, -0.2) is 0 Å². The summed E-state index contributed by atoms with van der Waals surface area (Å²) in [5.41, 5.74) is 3.61. The summed E-state index contributed by atoms with van der Waals surface area (Å²) in [7, 11) is 0. The summed E-state index contributed by atoms with van der Waals surface area (Å²) in [4.78, 5) is 3.79. The SMILES string of the molecule is Cc1ccc(C)c(-n2nc(C#N)c(N3CCC(C)CC3)n2)c1. The lowest BCUT2D eigenvalue weighted by Crippen LogP contribution is -2.33. The van der Waals surface area contributed by atoms with E-state index >= 15 is 0 Å². The number of aromatic nitrogens is 3. The van der Waals surface area contributed by atoms with E-state index in [2.05, 4.69) is 46.3 Å². The molecule has 0 spiro atoms. The van der Waals surface area contributed by atoms with Crippen LogP contribution in [0.1, 0.15) is 36.6 Å². The predicted octanol–water partition coefficient (Wildman–Crippen LogP) is 2.99. The van der Waals surface area contributed by atoms with Gasteiger partial charge in [-0.05, 0) is 49.8 Å². The fraction of sp³-hybridized carbons (Fsp3) is 0.471. The number of nitriles is 1. The molecule has 0 radical (unpaired) electrons. The third-order valence-corrected chi connectivity index (χ3v) is 4.37. The smallest absolute Gasteiger partial charge is 0.207 e. The van der Waals surface area contributed by atoms with Crippen molar-refractivity contribution in [1.82, 2.24) is 15.0 Å². The standard InChI is InChI=1S/C17H21N5/c1-12-6-8-21(9-7-12)17-15(11-18)19-22(20-17)16-10-13(2)4-5-14(16)3/h4-5,10,12H,6-9H2,1-3H3. The van der Waals surface area contributed by atoms with E-state index in [4.69, 9.17) is 0 Å². The van der Waals surface area contributed by atoms with Crippen molar-refractivity contribution in [2.45, 2.75) is 33.6 Å². The maximum absolute atomic E-state index is 9.39. The molecule has 114 valence electrons. The summed E-state index contributed by atoms with van der Waals surface area (Å²) in [5, 5.41) is 18.4. The van der Waals surface area contributed by atoms with Crippen molar-refractivity contribution in [3.8, 4) is 11.8 Å². The molecule has 0 atom stereocenters. The zero-order valence-corrected chi connectivity index (χ0v) is 13.4. The van der Waals surface area contributed by atoms with E-state index in [9.17, 15) is 5.26 Å². The van der Waals surface area contributed by atoms with Crippen molar-refractivity contribution in [2.24, 2.45) is 5.92 Å². The fourth-order valence-corrected chi connectivity index (χ4v) is 2.85. The summed E-state index contributed by atoms with van der Waals surface area (Å²) in [5.74, 6) is 1.46. The van der Waals surface area contributed by atoms with Crippen LogP contribution in [-0.4, -0.2) is 28.1 Å². The van der Waals surface area contributed by atoms with Crippen molar-refractivity contribution in [3.63, 3.8) is 0 Å². The highest BCUT2D eigenvalue weighted by Gasteiger charge is 2.23. The minimum Gasteiger partial charge on any atom is -0.353 e. The number of benzene rings is 1. The van der Waals surface area contributed by atoms with Crippen LogP contribution in [-0.2, 0) is 0 Å². The van der Waals surface area contributed by atoms with Crippen molar-refractivity contribution >= 4 is 5.82 Å². The third kappa shape index (κ3) is 2.69. The van der Waals surface area contributed by atoms with Crippen LogP contribution in [0.15, 0.2) is 18.2 Å². The largest absolute Gasteiger partial charge is 0.353 e. The molecule has 0 aliphatic carbocycles. The second-order valence-electron chi connectivity index (χ2n) is 6.23. The van der Waals surface area contributed by atoms with Gasteiger partial charge in [0.1, 0.15) is 6.07 Å². The summed E-state index contributed by atoms with van der Waals surface area (Å²) in [6.07, 6.45) is 2.28. The van der Waals surface area contributed by atoms with E-state index in [-0.39, 0.29) is 0 Å². The first kappa shape index (κ1) is 14.6. The van der Waals surface area contributed by atoms with Gasteiger partial charge < -0.3 is 4.90 Å². The Labute approximate surface area is 131 Å². The third-order valence-electron chi connectivity index (χ3n) is 4.37. The van der Waals surface area contributed by atoms with Crippen LogP contribution in [0.2, 0.25) is 0 Å². The lowest BCUT2D eigenvalue weighted by molar-refractivity contribution is 0.436. The predicted molar refractivity (Wildman–Crippen MR) is 86.2 cm³/mol. The molecule has 0 saturated carbocycles. The van der Waals surface area contributed by atoms with Crippen LogP contribution in [0.25, 0.3) is 5.69 Å². The van der Waals surface area contributed by atoms with Gasteiger partial charge in [0.25, 0.3) is 0 Å². The quantitative estimate of drug-likeness (QED) is 0.854. The molecular formula is C17H21N5. The maximum atomic E-state index is 9.39. The van der Waals surface area contributed by atoms with Crippen molar-refractivity contribution in [2.75, 3.05) is 18.0 Å². The van der Waals surface area contributed by atoms with Gasteiger partial charge in [-0.2, -0.15) is 5.26 Å². The van der Waals surface area contributed by atoms with Crippen LogP contribution in [0.4, 0.5) is 5.82 Å². The van der Waals surface area contributed by atoms with Gasteiger partial charge in [-0.15, -0.1) is 15.0 Å². The molecule has 2 aromatic rings. The van der Waals surface area contributed by atoms with E-state index in [1.54, 1.807) is 4.80 Å². The molecule has 0 amide bonds. The second-order valence-corrected chi connectivity index (χ2v) is 6.23. The Hall–Kier alpha value is -2.35. The van der Waals surface area contributed by atoms with Gasteiger partial charge in [-0.1, -0.05) is 19.1 Å². The molecule has 2 heterocycles. The first-order valence-electron chi connectivity index (χ1n) is 7.78. The Morgan fingerprint density at radius 2 is 1.91 bits per heavy atom. The summed E-state index contributed by atoms with van der Waals surface area (Å²) >= 11 is 0. The highest BCUT2D eigenvalue weighted by molar-refractivity contribution is 5.51. The highest BCUT2D eigenvalue weighted by atomic mass is 15.5. The summed E-state index contributed by atoms with van der Waals surface area (Å²) < 4.78 is 0. The number of aryl methyl sites for hydroxylation is 2. The molecular weight excluding hydrogens is 274 g/mol. The first-order valence-corrected chi connectivity index (χ1v) is 7.78. The zero-order valence-electron chi connectivity index (χ0n) is 13.4. The normalized spacial score (nSPS) is 15.8. The maximum Gasteiger partial charge on any atom is 0.207 e. The second kappa shape index (κ2) is 5.80. The van der Waals surface area contributed by atoms with Crippen LogP contribution < -0.4 is 4.90 Å². The topological polar surface area (TPSA) is 57.7 Å². The molecule has 0 N–H and O–H groups in total. The number of rotatable bonds is 2. The molecule has 5 heteroatoms. The van der Waals surface area contributed by atoms with E-state index < -0.39 is 0 Å². The fourth-order valence-electron chi connectivity index (χ4n) is 2.85. The van der Waals surface area contributed by atoms with E-state index in [0.29, 0.717) is 5.69 Å². The molecule has 1 aliphatic rings. The van der Waals surface area contributed by atoms with Gasteiger partial charge in [0.05, 0.1) is 5.69 Å². The summed E-state index contributed by atoms with van der Waals surface area (Å²) in [6.45, 7) is 8.25. The van der Waals surface area contributed by atoms with E-state index in [1.165, 1.54) is 0 Å². The number of anilines is 1. The molecule has 5 nitrogen and oxygen atoms in total. The molecule has 1 fully saturated rings. The molecule has 0 bridgehead atoms. The van der Waals surface area contributed by atoms with Crippen LogP contribution in [0, 0.1) is 31.1 Å². The molecule has 1 aromatic carbocycles. The lowest BCUT2D eigenvalue weighted by atomic mass is 9.99. The average molecular weight is 295 g/mol.